The van der Waals surface area contributed by atoms with Gasteiger partial charge in [0.25, 0.3) is 0 Å². The molecule has 4 rings (SSSR count). The van der Waals surface area contributed by atoms with Gasteiger partial charge in [-0.15, -0.1) is 0 Å². The van der Waals surface area contributed by atoms with Crippen LogP contribution in [-0.4, -0.2) is 101 Å². The number of unbranched alkanes of at least 4 members (excludes halogenated alkanes) is 1. The third kappa shape index (κ3) is 6.58. The number of benzene rings is 1. The maximum Gasteiger partial charge on any atom is 0.308 e. The van der Waals surface area contributed by atoms with Crippen LogP contribution in [0.2, 0.25) is 0 Å². The Morgan fingerprint density at radius 2 is 1.92 bits per heavy atom. The number of likely N-dealkylation sites (tertiary alicyclic amines) is 2. The van der Waals surface area contributed by atoms with Crippen molar-refractivity contribution in [3.8, 4) is 11.5 Å². The van der Waals surface area contributed by atoms with Gasteiger partial charge in [-0.1, -0.05) is 19.4 Å². The highest BCUT2D eigenvalue weighted by Gasteiger charge is 2.47. The SMILES string of the molecule is CCCCN(CCCO)C(=O)CN1C[C@H](c2ccc3c(c2)OCO3)[C@@H](C(=O)O)[C@@H]1CCN1CCCCC1=O. The van der Waals surface area contributed by atoms with E-state index in [2.05, 4.69) is 6.92 Å². The van der Waals surface area contributed by atoms with Crippen LogP contribution < -0.4 is 9.47 Å². The number of carbonyl (C=O) groups is 3. The van der Waals surface area contributed by atoms with Gasteiger partial charge >= 0.3 is 5.97 Å². The van der Waals surface area contributed by atoms with E-state index in [9.17, 15) is 24.6 Å². The van der Waals surface area contributed by atoms with Crippen LogP contribution in [-0.2, 0) is 14.4 Å². The lowest BCUT2D eigenvalue weighted by atomic mass is 9.84. The number of fused-ring (bicyclic) bond motifs is 1. The van der Waals surface area contributed by atoms with E-state index in [1.54, 1.807) is 4.90 Å². The number of carbonyl (C=O) groups excluding carboxylic acids is 2. The molecule has 0 spiro atoms. The summed E-state index contributed by atoms with van der Waals surface area (Å²) in [5, 5.41) is 19.7. The van der Waals surface area contributed by atoms with Gasteiger partial charge in [-0.25, -0.2) is 0 Å². The van der Waals surface area contributed by atoms with Crippen LogP contribution in [0.3, 0.4) is 0 Å². The van der Waals surface area contributed by atoms with Crippen molar-refractivity contribution < 1.29 is 34.1 Å². The molecule has 0 radical (unpaired) electrons. The maximum absolute atomic E-state index is 13.4. The Morgan fingerprint density at radius 3 is 2.66 bits per heavy atom. The first kappa shape index (κ1) is 28.2. The van der Waals surface area contributed by atoms with E-state index in [0.717, 1.165) is 31.2 Å². The molecule has 210 valence electrons. The van der Waals surface area contributed by atoms with E-state index in [-0.39, 0.29) is 37.7 Å². The van der Waals surface area contributed by atoms with Crippen molar-refractivity contribution in [2.75, 3.05) is 52.7 Å². The van der Waals surface area contributed by atoms with E-state index in [4.69, 9.17) is 9.47 Å². The average molecular weight is 532 g/mol. The molecule has 1 aromatic rings. The molecule has 0 aromatic heterocycles. The number of rotatable bonds is 13. The second kappa shape index (κ2) is 13.3. The fourth-order valence-electron chi connectivity index (χ4n) is 5.97. The minimum Gasteiger partial charge on any atom is -0.481 e. The number of carboxylic acids is 1. The molecule has 0 unspecified atom stereocenters. The second-order valence-corrected chi connectivity index (χ2v) is 10.5. The molecule has 2 saturated heterocycles. The van der Waals surface area contributed by atoms with Gasteiger partial charge in [0.2, 0.25) is 18.6 Å². The average Bonchev–Trinajstić information content (AvgIpc) is 3.52. The Labute approximate surface area is 224 Å². The molecule has 2 N–H and O–H groups in total. The molecule has 2 amide bonds. The van der Waals surface area contributed by atoms with Gasteiger partial charge in [0.1, 0.15) is 0 Å². The third-order valence-electron chi connectivity index (χ3n) is 8.03. The van der Waals surface area contributed by atoms with E-state index < -0.39 is 17.9 Å². The molecule has 0 saturated carbocycles. The Balaban J connectivity index is 1.57. The zero-order valence-electron chi connectivity index (χ0n) is 22.3. The van der Waals surface area contributed by atoms with Gasteiger partial charge in [0.15, 0.2) is 11.5 Å². The number of hydrogen-bond donors (Lipinski definition) is 2. The first-order valence-corrected chi connectivity index (χ1v) is 14.0. The highest BCUT2D eigenvalue weighted by molar-refractivity contribution is 5.79. The zero-order valence-corrected chi connectivity index (χ0v) is 22.3. The second-order valence-electron chi connectivity index (χ2n) is 10.5. The van der Waals surface area contributed by atoms with Gasteiger partial charge < -0.3 is 29.5 Å². The quantitative estimate of drug-likeness (QED) is 0.398. The Hall–Kier alpha value is -2.85. The van der Waals surface area contributed by atoms with Gasteiger partial charge in [0, 0.05) is 57.7 Å². The van der Waals surface area contributed by atoms with Crippen LogP contribution in [0, 0.1) is 5.92 Å². The standard InChI is InChI=1S/C28H41N3O7/c1-2-3-11-29(13-6-15-32)26(34)18-31-17-21(20-8-9-23-24(16-20)38-19-37-23)27(28(35)36)22(31)10-14-30-12-5-4-7-25(30)33/h8-9,16,21-22,27,32H,2-7,10-15,17-19H2,1H3,(H,35,36)/t21-,22+,27-/m1/s1. The Morgan fingerprint density at radius 1 is 1.13 bits per heavy atom. The number of carboxylic acid groups (broad SMARTS) is 1. The van der Waals surface area contributed by atoms with Gasteiger partial charge in [-0.05, 0) is 49.8 Å². The number of aliphatic hydroxyl groups is 1. The lowest BCUT2D eigenvalue weighted by Crippen LogP contribution is -2.46. The zero-order chi connectivity index (χ0) is 27.1. The summed E-state index contributed by atoms with van der Waals surface area (Å²) in [6, 6.07) is 5.16. The van der Waals surface area contributed by atoms with Gasteiger partial charge in [-0.3, -0.25) is 19.3 Å². The predicted octanol–water partition coefficient (Wildman–Crippen LogP) is 2.30. The van der Waals surface area contributed by atoms with Crippen LogP contribution in [0.1, 0.15) is 63.4 Å². The van der Waals surface area contributed by atoms with Crippen LogP contribution in [0.15, 0.2) is 18.2 Å². The van der Waals surface area contributed by atoms with E-state index in [0.29, 0.717) is 63.5 Å². The van der Waals surface area contributed by atoms with Crippen molar-refractivity contribution in [1.29, 1.82) is 0 Å². The molecule has 38 heavy (non-hydrogen) atoms. The molecular weight excluding hydrogens is 490 g/mol. The first-order chi connectivity index (χ1) is 18.4. The van der Waals surface area contributed by atoms with Crippen molar-refractivity contribution in [3.05, 3.63) is 23.8 Å². The summed E-state index contributed by atoms with van der Waals surface area (Å²) in [5.41, 5.74) is 0.846. The molecule has 3 atom stereocenters. The minimum absolute atomic E-state index is 0.0133. The number of amides is 2. The highest BCUT2D eigenvalue weighted by atomic mass is 16.7. The van der Waals surface area contributed by atoms with Gasteiger partial charge in [-0.2, -0.15) is 0 Å². The molecule has 1 aromatic carbocycles. The lowest BCUT2D eigenvalue weighted by Gasteiger charge is -2.32. The van der Waals surface area contributed by atoms with Crippen molar-refractivity contribution in [1.82, 2.24) is 14.7 Å². The maximum atomic E-state index is 13.4. The number of aliphatic hydroxyl groups excluding tert-OH is 1. The van der Waals surface area contributed by atoms with Crippen molar-refractivity contribution in [3.63, 3.8) is 0 Å². The van der Waals surface area contributed by atoms with Crippen LogP contribution in [0.4, 0.5) is 0 Å². The molecule has 0 bridgehead atoms. The number of hydrogen-bond acceptors (Lipinski definition) is 7. The summed E-state index contributed by atoms with van der Waals surface area (Å²) in [6.07, 6.45) is 5.20. The predicted molar refractivity (Wildman–Crippen MR) is 140 cm³/mol. The monoisotopic (exact) mass is 531 g/mol. The summed E-state index contributed by atoms with van der Waals surface area (Å²) in [7, 11) is 0. The van der Waals surface area contributed by atoms with Crippen LogP contribution in [0.25, 0.3) is 0 Å². The number of nitrogens with zero attached hydrogens (tertiary/aromatic N) is 3. The smallest absolute Gasteiger partial charge is 0.308 e. The molecule has 10 heteroatoms. The molecule has 3 aliphatic rings. The topological polar surface area (TPSA) is 120 Å². The Bertz CT molecular complexity index is 979. The highest BCUT2D eigenvalue weighted by Crippen LogP contribution is 2.42. The lowest BCUT2D eigenvalue weighted by molar-refractivity contribution is -0.144. The molecule has 10 nitrogen and oxygen atoms in total. The molecule has 2 fully saturated rings. The number of aliphatic carboxylic acids is 1. The fraction of sp³-hybridized carbons (Fsp3) is 0.679. The Kier molecular flexibility index (Phi) is 9.85. The summed E-state index contributed by atoms with van der Waals surface area (Å²) >= 11 is 0. The van der Waals surface area contributed by atoms with E-state index >= 15 is 0 Å². The first-order valence-electron chi connectivity index (χ1n) is 14.0. The summed E-state index contributed by atoms with van der Waals surface area (Å²) < 4.78 is 11.0. The van der Waals surface area contributed by atoms with Crippen LogP contribution >= 0.6 is 0 Å². The third-order valence-corrected chi connectivity index (χ3v) is 8.03. The van der Waals surface area contributed by atoms with Gasteiger partial charge in [0.05, 0.1) is 12.5 Å². The molecule has 3 aliphatic heterocycles. The van der Waals surface area contributed by atoms with E-state index in [1.165, 1.54) is 0 Å². The molecule has 3 heterocycles. The van der Waals surface area contributed by atoms with Crippen LogP contribution in [0.5, 0.6) is 11.5 Å². The number of piperidine rings is 1. The number of ether oxygens (including phenoxy) is 2. The molecular formula is C28H41N3O7. The molecule has 0 aliphatic carbocycles. The van der Waals surface area contributed by atoms with Crippen molar-refractivity contribution >= 4 is 17.8 Å². The van der Waals surface area contributed by atoms with Crippen molar-refractivity contribution in [2.45, 2.75) is 63.8 Å². The summed E-state index contributed by atoms with van der Waals surface area (Å²) in [5.74, 6) is -0.663. The summed E-state index contributed by atoms with van der Waals surface area (Å²) in [4.78, 5) is 44.2. The largest absolute Gasteiger partial charge is 0.481 e. The minimum atomic E-state index is -0.902. The van der Waals surface area contributed by atoms with E-state index in [1.807, 2.05) is 28.0 Å². The summed E-state index contributed by atoms with van der Waals surface area (Å²) in [6.45, 7) is 5.02. The normalized spacial score (nSPS) is 23.2. The van der Waals surface area contributed by atoms with Crippen molar-refractivity contribution in [2.24, 2.45) is 5.92 Å². The fourth-order valence-corrected chi connectivity index (χ4v) is 5.97.